The summed E-state index contributed by atoms with van der Waals surface area (Å²) in [5, 5.41) is 6.64. The molecule has 0 saturated carbocycles. The standard InChI is InChI=1S/C26H22N2O2.C8H8.C2H6O2.C2H4/c29-26(30-19-20-10-4-1-5-11-20)24-18-23(27-21-12-6-2-7-13-21)16-17-25(24)28-22-14-8-3-9-15-22;1-2-8-6-4-3-5-7-8;1-3-4-2;1-2/h1-18,27-28H,19H2;2-7H,1H2;1-2H3;1-2H2. The Bertz CT molecular complexity index is 1480. The lowest BCUT2D eigenvalue weighted by Crippen LogP contribution is -2.09. The summed E-state index contributed by atoms with van der Waals surface area (Å²) in [5.74, 6) is -0.381. The zero-order chi connectivity index (χ0) is 31.8. The van der Waals surface area contributed by atoms with Crippen molar-refractivity contribution in [2.75, 3.05) is 24.9 Å². The van der Waals surface area contributed by atoms with Crippen molar-refractivity contribution in [3.05, 3.63) is 176 Å². The Labute approximate surface area is 261 Å². The van der Waals surface area contributed by atoms with Crippen LogP contribution in [0.25, 0.3) is 6.08 Å². The van der Waals surface area contributed by atoms with Crippen LogP contribution in [0.2, 0.25) is 0 Å². The molecule has 0 fully saturated rings. The minimum Gasteiger partial charge on any atom is -0.457 e. The van der Waals surface area contributed by atoms with Crippen LogP contribution >= 0.6 is 0 Å². The summed E-state index contributed by atoms with van der Waals surface area (Å²) in [4.78, 5) is 21.0. The van der Waals surface area contributed by atoms with Gasteiger partial charge in [-0.1, -0.05) is 110 Å². The van der Waals surface area contributed by atoms with Gasteiger partial charge in [-0.05, 0) is 53.6 Å². The largest absolute Gasteiger partial charge is 0.457 e. The lowest BCUT2D eigenvalue weighted by atomic mass is 10.1. The second kappa shape index (κ2) is 21.3. The number of hydrogen-bond donors (Lipinski definition) is 2. The van der Waals surface area contributed by atoms with Gasteiger partial charge >= 0.3 is 5.97 Å². The summed E-state index contributed by atoms with van der Waals surface area (Å²) < 4.78 is 5.59. The smallest absolute Gasteiger partial charge is 0.340 e. The lowest BCUT2D eigenvalue weighted by molar-refractivity contribution is -0.248. The fraction of sp³-hybridized carbons (Fsp3) is 0.0789. The average Bonchev–Trinajstić information content (AvgIpc) is 3.11. The molecule has 0 aliphatic rings. The monoisotopic (exact) mass is 588 g/mol. The fourth-order valence-corrected chi connectivity index (χ4v) is 3.66. The number of carbonyl (C=O) groups excluding carboxylic acids is 1. The number of para-hydroxylation sites is 2. The van der Waals surface area contributed by atoms with E-state index in [2.05, 4.69) is 40.1 Å². The van der Waals surface area contributed by atoms with Gasteiger partial charge in [-0.2, -0.15) is 0 Å². The van der Waals surface area contributed by atoms with Crippen molar-refractivity contribution in [3.8, 4) is 0 Å². The van der Waals surface area contributed by atoms with Gasteiger partial charge in [0.1, 0.15) is 6.61 Å². The molecule has 0 aliphatic carbocycles. The Morgan fingerprint density at radius 2 is 1.11 bits per heavy atom. The Morgan fingerprint density at radius 1 is 0.636 bits per heavy atom. The van der Waals surface area contributed by atoms with Gasteiger partial charge in [0.2, 0.25) is 0 Å². The zero-order valence-corrected chi connectivity index (χ0v) is 25.3. The Morgan fingerprint density at radius 3 is 1.59 bits per heavy atom. The van der Waals surface area contributed by atoms with Gasteiger partial charge in [0.05, 0.1) is 25.5 Å². The zero-order valence-electron chi connectivity index (χ0n) is 25.3. The number of carbonyl (C=O) groups is 1. The van der Waals surface area contributed by atoms with Gasteiger partial charge in [0, 0.05) is 17.1 Å². The van der Waals surface area contributed by atoms with Gasteiger partial charge in [0.25, 0.3) is 0 Å². The summed E-state index contributed by atoms with van der Waals surface area (Å²) in [5.41, 5.74) is 5.94. The van der Waals surface area contributed by atoms with Crippen molar-refractivity contribution < 1.29 is 19.3 Å². The summed E-state index contributed by atoms with van der Waals surface area (Å²) in [7, 11) is 2.92. The molecule has 0 saturated heterocycles. The van der Waals surface area contributed by atoms with E-state index in [9.17, 15) is 4.79 Å². The topological polar surface area (TPSA) is 68.8 Å². The summed E-state index contributed by atoms with van der Waals surface area (Å²) in [6, 6.07) is 44.9. The van der Waals surface area contributed by atoms with Crippen LogP contribution in [0.1, 0.15) is 21.5 Å². The van der Waals surface area contributed by atoms with Crippen molar-refractivity contribution in [3.63, 3.8) is 0 Å². The van der Waals surface area contributed by atoms with Crippen LogP contribution in [-0.2, 0) is 21.1 Å². The molecule has 0 aromatic heterocycles. The highest BCUT2D eigenvalue weighted by Gasteiger charge is 2.15. The van der Waals surface area contributed by atoms with E-state index in [1.807, 2.05) is 146 Å². The van der Waals surface area contributed by atoms with Gasteiger partial charge in [-0.25, -0.2) is 14.6 Å². The highest BCUT2D eigenvalue weighted by molar-refractivity contribution is 5.98. The van der Waals surface area contributed by atoms with Crippen molar-refractivity contribution in [2.45, 2.75) is 6.61 Å². The van der Waals surface area contributed by atoms with Gasteiger partial charge in [-0.15, -0.1) is 13.2 Å². The maximum Gasteiger partial charge on any atom is 0.340 e. The number of benzene rings is 5. The van der Waals surface area contributed by atoms with Gasteiger partial charge in [0.15, 0.2) is 0 Å². The Hall–Kier alpha value is -5.43. The van der Waals surface area contributed by atoms with Crippen molar-refractivity contribution in [2.24, 2.45) is 0 Å². The third kappa shape index (κ3) is 13.0. The average molecular weight is 589 g/mol. The van der Waals surface area contributed by atoms with Gasteiger partial charge in [-0.3, -0.25) is 0 Å². The Kier molecular flexibility index (Phi) is 16.8. The molecular weight excluding hydrogens is 548 g/mol. The molecular formula is C38H40N2O4. The number of anilines is 4. The molecule has 0 amide bonds. The van der Waals surface area contributed by atoms with E-state index in [0.717, 1.165) is 22.6 Å². The van der Waals surface area contributed by atoms with Crippen LogP contribution in [0.4, 0.5) is 22.7 Å². The number of nitrogens with one attached hydrogen (secondary N) is 2. The van der Waals surface area contributed by atoms with E-state index in [0.29, 0.717) is 11.3 Å². The van der Waals surface area contributed by atoms with Crippen LogP contribution < -0.4 is 10.6 Å². The van der Waals surface area contributed by atoms with E-state index >= 15 is 0 Å². The first-order valence-corrected chi connectivity index (χ1v) is 13.9. The summed E-state index contributed by atoms with van der Waals surface area (Å²) in [6.07, 6.45) is 1.83. The quantitative estimate of drug-likeness (QED) is 0.0773. The van der Waals surface area contributed by atoms with Crippen molar-refractivity contribution in [1.82, 2.24) is 0 Å². The molecule has 6 heteroatoms. The molecule has 0 spiro atoms. The minimum atomic E-state index is -0.381. The molecule has 44 heavy (non-hydrogen) atoms. The van der Waals surface area contributed by atoms with Crippen LogP contribution in [0.3, 0.4) is 0 Å². The molecule has 0 heterocycles. The maximum absolute atomic E-state index is 12.9. The van der Waals surface area contributed by atoms with Crippen molar-refractivity contribution >= 4 is 34.8 Å². The van der Waals surface area contributed by atoms with Crippen molar-refractivity contribution in [1.29, 1.82) is 0 Å². The van der Waals surface area contributed by atoms with E-state index in [-0.39, 0.29) is 12.6 Å². The molecule has 0 bridgehead atoms. The molecule has 0 unspecified atom stereocenters. The molecule has 226 valence electrons. The van der Waals surface area contributed by atoms with Crippen LogP contribution in [0.5, 0.6) is 0 Å². The summed E-state index contributed by atoms with van der Waals surface area (Å²) >= 11 is 0. The van der Waals surface area contributed by atoms with E-state index in [1.54, 1.807) is 0 Å². The van der Waals surface area contributed by atoms with Crippen LogP contribution in [0.15, 0.2) is 159 Å². The third-order valence-electron chi connectivity index (χ3n) is 5.77. The maximum atomic E-state index is 12.9. The SMILES string of the molecule is C=C.C=Cc1ccccc1.COOC.O=C(OCc1ccccc1)c1cc(Nc2ccccc2)ccc1Nc1ccccc1. The predicted molar refractivity (Wildman–Crippen MR) is 183 cm³/mol. The summed E-state index contributed by atoms with van der Waals surface area (Å²) in [6.45, 7) is 9.85. The molecule has 5 rings (SSSR count). The highest BCUT2D eigenvalue weighted by Crippen LogP contribution is 2.27. The van der Waals surface area contributed by atoms with E-state index in [4.69, 9.17) is 4.74 Å². The Balaban J connectivity index is 0.000000402. The van der Waals surface area contributed by atoms with E-state index in [1.165, 1.54) is 19.8 Å². The molecule has 6 nitrogen and oxygen atoms in total. The normalized spacial score (nSPS) is 9.32. The fourth-order valence-electron chi connectivity index (χ4n) is 3.66. The number of esters is 1. The number of rotatable bonds is 9. The van der Waals surface area contributed by atoms with E-state index < -0.39 is 0 Å². The van der Waals surface area contributed by atoms with Gasteiger partial charge < -0.3 is 15.4 Å². The first-order chi connectivity index (χ1) is 21.6. The molecule has 0 radical (unpaired) electrons. The lowest BCUT2D eigenvalue weighted by Gasteiger charge is -2.15. The second-order valence-corrected chi connectivity index (χ2v) is 8.75. The number of ether oxygens (including phenoxy) is 1. The predicted octanol–water partition coefficient (Wildman–Crippen LogP) is 9.86. The number of hydrogen-bond acceptors (Lipinski definition) is 6. The molecule has 0 atom stereocenters. The second-order valence-electron chi connectivity index (χ2n) is 8.75. The third-order valence-corrected chi connectivity index (χ3v) is 5.77. The molecule has 2 N–H and O–H groups in total. The molecule has 5 aromatic rings. The molecule has 0 aliphatic heterocycles. The first-order valence-electron chi connectivity index (χ1n) is 13.9. The molecule has 5 aromatic carbocycles. The van der Waals surface area contributed by atoms with Crippen LogP contribution in [0, 0.1) is 0 Å². The minimum absolute atomic E-state index is 0.223. The first kappa shape index (κ1) is 34.8. The van der Waals surface area contributed by atoms with Crippen LogP contribution in [-0.4, -0.2) is 20.2 Å². The highest BCUT2D eigenvalue weighted by atomic mass is 17.2.